The maximum Gasteiger partial charge on any atom is 0.0688 e. The van der Waals surface area contributed by atoms with Crippen molar-refractivity contribution in [2.24, 2.45) is 0 Å². The molecule has 0 spiro atoms. The Bertz CT molecular complexity index is 538. The van der Waals surface area contributed by atoms with Crippen molar-refractivity contribution in [2.45, 2.75) is 38.6 Å². The molecule has 1 aliphatic rings. The predicted molar refractivity (Wildman–Crippen MR) is 72.9 cm³/mol. The summed E-state index contributed by atoms with van der Waals surface area (Å²) in [4.78, 5) is 0. The van der Waals surface area contributed by atoms with Gasteiger partial charge in [-0.05, 0) is 30.4 Å². The van der Waals surface area contributed by atoms with Gasteiger partial charge in [0.25, 0.3) is 0 Å². The van der Waals surface area contributed by atoms with Crippen molar-refractivity contribution >= 4 is 10.9 Å². The monoisotopic (exact) mass is 244 g/mol. The fourth-order valence-electron chi connectivity index (χ4n) is 2.63. The predicted octanol–water partition coefficient (Wildman–Crippen LogP) is 3.51. The Morgan fingerprint density at radius 2 is 2.06 bits per heavy atom. The second kappa shape index (κ2) is 4.73. The molecule has 18 heavy (non-hydrogen) atoms. The average Bonchev–Trinajstić information content (AvgIpc) is 2.82. The molecule has 2 aromatic rings. The molecular weight excluding hydrogens is 224 g/mol. The van der Waals surface area contributed by atoms with Gasteiger partial charge in [-0.2, -0.15) is 5.10 Å². The molecule has 1 saturated heterocycles. The number of nitrogens with zero attached hydrogens (tertiary/aromatic N) is 2. The molecular formula is C15H20N2O. The first-order valence-corrected chi connectivity index (χ1v) is 6.80. The second-order valence-electron chi connectivity index (χ2n) is 5.41. The van der Waals surface area contributed by atoms with Crippen molar-refractivity contribution in [3.8, 4) is 0 Å². The first-order chi connectivity index (χ1) is 8.75. The number of aromatic nitrogens is 2. The highest BCUT2D eigenvalue weighted by Gasteiger charge is 2.18. The fourth-order valence-corrected chi connectivity index (χ4v) is 2.63. The molecule has 0 saturated carbocycles. The highest BCUT2D eigenvalue weighted by Crippen LogP contribution is 2.27. The van der Waals surface area contributed by atoms with Crippen LogP contribution in [-0.4, -0.2) is 23.0 Å². The van der Waals surface area contributed by atoms with Crippen LogP contribution >= 0.6 is 0 Å². The lowest BCUT2D eigenvalue weighted by molar-refractivity contribution is 0.0675. The number of benzene rings is 1. The maximum atomic E-state index is 5.43. The van der Waals surface area contributed by atoms with E-state index in [0.29, 0.717) is 12.0 Å². The van der Waals surface area contributed by atoms with Crippen LogP contribution in [0.2, 0.25) is 0 Å². The molecule has 3 heteroatoms. The molecule has 0 bridgehead atoms. The van der Waals surface area contributed by atoms with E-state index in [-0.39, 0.29) is 0 Å². The van der Waals surface area contributed by atoms with Crippen LogP contribution < -0.4 is 0 Å². The van der Waals surface area contributed by atoms with Crippen LogP contribution in [0.5, 0.6) is 0 Å². The first-order valence-electron chi connectivity index (χ1n) is 6.80. The Hall–Kier alpha value is -1.35. The Labute approximate surface area is 108 Å². The lowest BCUT2D eigenvalue weighted by Gasteiger charge is -2.23. The third-order valence-electron chi connectivity index (χ3n) is 3.83. The summed E-state index contributed by atoms with van der Waals surface area (Å²) in [5.74, 6) is 0.562. The van der Waals surface area contributed by atoms with E-state index in [1.807, 2.05) is 6.20 Å². The molecule has 0 N–H and O–H groups in total. The van der Waals surface area contributed by atoms with E-state index in [1.165, 1.54) is 16.5 Å². The summed E-state index contributed by atoms with van der Waals surface area (Å²) in [6.45, 7) is 6.18. The summed E-state index contributed by atoms with van der Waals surface area (Å²) < 4.78 is 7.63. The SMILES string of the molecule is CC(C)c1ccc2cnn(C3CCOCC3)c2c1. The summed E-state index contributed by atoms with van der Waals surface area (Å²) in [6.07, 6.45) is 4.13. The van der Waals surface area contributed by atoms with Gasteiger partial charge in [-0.1, -0.05) is 26.0 Å². The summed E-state index contributed by atoms with van der Waals surface area (Å²) in [5.41, 5.74) is 2.66. The summed E-state index contributed by atoms with van der Waals surface area (Å²) in [5, 5.41) is 5.82. The van der Waals surface area contributed by atoms with Gasteiger partial charge in [-0.15, -0.1) is 0 Å². The quantitative estimate of drug-likeness (QED) is 0.808. The van der Waals surface area contributed by atoms with Gasteiger partial charge in [-0.3, -0.25) is 4.68 Å². The van der Waals surface area contributed by atoms with Crippen molar-refractivity contribution in [3.63, 3.8) is 0 Å². The number of ether oxygens (including phenoxy) is 1. The average molecular weight is 244 g/mol. The highest BCUT2D eigenvalue weighted by molar-refractivity contribution is 5.79. The van der Waals surface area contributed by atoms with Crippen LogP contribution in [0.1, 0.15) is 44.2 Å². The van der Waals surface area contributed by atoms with Crippen LogP contribution in [0.4, 0.5) is 0 Å². The number of hydrogen-bond acceptors (Lipinski definition) is 2. The lowest BCUT2D eigenvalue weighted by Crippen LogP contribution is -2.20. The zero-order valence-corrected chi connectivity index (χ0v) is 11.1. The Morgan fingerprint density at radius 3 is 2.78 bits per heavy atom. The molecule has 1 aromatic carbocycles. The van der Waals surface area contributed by atoms with Gasteiger partial charge < -0.3 is 4.74 Å². The Kier molecular flexibility index (Phi) is 3.08. The zero-order valence-electron chi connectivity index (χ0n) is 11.1. The van der Waals surface area contributed by atoms with E-state index in [9.17, 15) is 0 Å². The third kappa shape index (κ3) is 2.03. The molecule has 2 heterocycles. The molecule has 1 aliphatic heterocycles. The normalized spacial score (nSPS) is 17.7. The zero-order chi connectivity index (χ0) is 12.5. The van der Waals surface area contributed by atoms with Gasteiger partial charge in [-0.25, -0.2) is 0 Å². The van der Waals surface area contributed by atoms with Gasteiger partial charge in [0.1, 0.15) is 0 Å². The molecule has 0 unspecified atom stereocenters. The fraction of sp³-hybridized carbons (Fsp3) is 0.533. The smallest absolute Gasteiger partial charge is 0.0688 e. The molecule has 1 fully saturated rings. The first kappa shape index (κ1) is 11.7. The second-order valence-corrected chi connectivity index (χ2v) is 5.41. The summed E-state index contributed by atoms with van der Waals surface area (Å²) in [7, 11) is 0. The van der Waals surface area contributed by atoms with E-state index in [1.54, 1.807) is 0 Å². The Balaban J connectivity index is 2.03. The minimum Gasteiger partial charge on any atom is -0.381 e. The molecule has 0 radical (unpaired) electrons. The molecule has 3 rings (SSSR count). The van der Waals surface area contributed by atoms with Crippen LogP contribution in [0, 0.1) is 0 Å². The molecule has 1 aromatic heterocycles. The van der Waals surface area contributed by atoms with Crippen molar-refractivity contribution < 1.29 is 4.74 Å². The molecule has 0 aliphatic carbocycles. The van der Waals surface area contributed by atoms with E-state index >= 15 is 0 Å². The van der Waals surface area contributed by atoms with E-state index in [4.69, 9.17) is 4.74 Å². The van der Waals surface area contributed by atoms with Crippen LogP contribution in [0.15, 0.2) is 24.4 Å². The van der Waals surface area contributed by atoms with Crippen LogP contribution in [0.25, 0.3) is 10.9 Å². The lowest BCUT2D eigenvalue weighted by atomic mass is 10.0. The number of fused-ring (bicyclic) bond motifs is 1. The van der Waals surface area contributed by atoms with Gasteiger partial charge in [0, 0.05) is 18.6 Å². The highest BCUT2D eigenvalue weighted by atomic mass is 16.5. The standard InChI is InChI=1S/C15H20N2O/c1-11(2)12-3-4-13-10-16-17(15(13)9-12)14-5-7-18-8-6-14/h3-4,9-11,14H,5-8H2,1-2H3. The molecule has 3 nitrogen and oxygen atoms in total. The third-order valence-corrected chi connectivity index (χ3v) is 3.83. The van der Waals surface area contributed by atoms with Crippen molar-refractivity contribution in [3.05, 3.63) is 30.0 Å². The van der Waals surface area contributed by atoms with Gasteiger partial charge in [0.2, 0.25) is 0 Å². The number of rotatable bonds is 2. The topological polar surface area (TPSA) is 27.1 Å². The van der Waals surface area contributed by atoms with Crippen molar-refractivity contribution in [1.29, 1.82) is 0 Å². The van der Waals surface area contributed by atoms with E-state index in [0.717, 1.165) is 26.1 Å². The van der Waals surface area contributed by atoms with Gasteiger partial charge in [0.05, 0.1) is 17.8 Å². The summed E-state index contributed by atoms with van der Waals surface area (Å²) in [6, 6.07) is 7.19. The van der Waals surface area contributed by atoms with Crippen LogP contribution in [-0.2, 0) is 4.74 Å². The van der Waals surface area contributed by atoms with Crippen molar-refractivity contribution in [1.82, 2.24) is 9.78 Å². The van der Waals surface area contributed by atoms with E-state index in [2.05, 4.69) is 41.8 Å². The maximum absolute atomic E-state index is 5.43. The van der Waals surface area contributed by atoms with E-state index < -0.39 is 0 Å². The van der Waals surface area contributed by atoms with Crippen molar-refractivity contribution in [2.75, 3.05) is 13.2 Å². The summed E-state index contributed by atoms with van der Waals surface area (Å²) >= 11 is 0. The van der Waals surface area contributed by atoms with Gasteiger partial charge in [0.15, 0.2) is 0 Å². The number of hydrogen-bond donors (Lipinski definition) is 0. The largest absolute Gasteiger partial charge is 0.381 e. The molecule has 0 atom stereocenters. The minimum absolute atomic E-state index is 0.499. The molecule has 0 amide bonds. The minimum atomic E-state index is 0.499. The van der Waals surface area contributed by atoms with Crippen LogP contribution in [0.3, 0.4) is 0 Å². The molecule has 96 valence electrons. The Morgan fingerprint density at radius 1 is 1.28 bits per heavy atom. The van der Waals surface area contributed by atoms with Gasteiger partial charge >= 0.3 is 0 Å².